The van der Waals surface area contributed by atoms with Crippen molar-refractivity contribution in [3.8, 4) is 0 Å². The molecular weight excluding hydrogens is 372 g/mol. The summed E-state index contributed by atoms with van der Waals surface area (Å²) >= 11 is 1.37. The van der Waals surface area contributed by atoms with Crippen LogP contribution in [0.25, 0.3) is 0 Å². The van der Waals surface area contributed by atoms with Crippen molar-refractivity contribution in [1.29, 1.82) is 0 Å². The van der Waals surface area contributed by atoms with E-state index in [1.165, 1.54) is 17.3 Å². The van der Waals surface area contributed by atoms with Crippen molar-refractivity contribution < 1.29 is 4.79 Å². The highest BCUT2D eigenvalue weighted by molar-refractivity contribution is 7.99. The summed E-state index contributed by atoms with van der Waals surface area (Å²) in [6, 6.07) is 8.11. The third-order valence-electron chi connectivity index (χ3n) is 4.92. The van der Waals surface area contributed by atoms with Gasteiger partial charge < -0.3 is 10.2 Å². The average molecular weight is 401 g/mol. The summed E-state index contributed by atoms with van der Waals surface area (Å²) < 4.78 is 1.81. The zero-order valence-corrected chi connectivity index (χ0v) is 17.6. The van der Waals surface area contributed by atoms with Gasteiger partial charge in [0.15, 0.2) is 0 Å². The van der Waals surface area contributed by atoms with E-state index in [0.29, 0.717) is 13.1 Å². The van der Waals surface area contributed by atoms with Crippen molar-refractivity contribution in [1.82, 2.24) is 19.8 Å². The topological polar surface area (TPSA) is 67.2 Å². The first kappa shape index (κ1) is 20.6. The van der Waals surface area contributed by atoms with Crippen LogP contribution >= 0.6 is 11.8 Å². The van der Waals surface area contributed by atoms with Gasteiger partial charge in [-0.1, -0.05) is 41.6 Å². The molecule has 0 bridgehead atoms. The van der Waals surface area contributed by atoms with Gasteiger partial charge in [-0.2, -0.15) is 4.98 Å². The Morgan fingerprint density at radius 1 is 1.25 bits per heavy atom. The lowest BCUT2D eigenvalue weighted by molar-refractivity contribution is -0.118. The van der Waals surface area contributed by atoms with Gasteiger partial charge in [-0.25, -0.2) is 4.79 Å². The number of aromatic nitrogens is 2. The van der Waals surface area contributed by atoms with E-state index in [0.717, 1.165) is 47.7 Å². The summed E-state index contributed by atoms with van der Waals surface area (Å²) in [6.45, 7) is 4.02. The lowest BCUT2D eigenvalue weighted by Gasteiger charge is -2.16. The molecule has 1 amide bonds. The van der Waals surface area contributed by atoms with Gasteiger partial charge in [-0.15, -0.1) is 0 Å². The van der Waals surface area contributed by atoms with Crippen LogP contribution in [0.2, 0.25) is 0 Å². The molecule has 0 fully saturated rings. The summed E-state index contributed by atoms with van der Waals surface area (Å²) in [4.78, 5) is 31.1. The fourth-order valence-corrected chi connectivity index (χ4v) is 4.23. The Hall–Kier alpha value is -2.12. The largest absolute Gasteiger partial charge is 0.351 e. The lowest BCUT2D eigenvalue weighted by atomic mass is 10.1. The molecule has 6 nitrogen and oxygen atoms in total. The molecule has 0 saturated heterocycles. The summed E-state index contributed by atoms with van der Waals surface area (Å²) in [5.41, 5.74) is 4.32. The Balaban J connectivity index is 1.62. The van der Waals surface area contributed by atoms with Gasteiger partial charge in [0.2, 0.25) is 5.91 Å². The maximum Gasteiger partial charge on any atom is 0.348 e. The normalized spacial score (nSPS) is 13.0. The van der Waals surface area contributed by atoms with Gasteiger partial charge in [0.05, 0.1) is 5.75 Å². The average Bonchev–Trinajstić information content (AvgIpc) is 3.14. The zero-order chi connectivity index (χ0) is 20.1. The van der Waals surface area contributed by atoms with E-state index in [-0.39, 0.29) is 17.3 Å². The van der Waals surface area contributed by atoms with Crippen molar-refractivity contribution in [2.75, 3.05) is 26.4 Å². The summed E-state index contributed by atoms with van der Waals surface area (Å²) in [6.07, 6.45) is 2.88. The molecule has 1 aromatic carbocycles. The van der Waals surface area contributed by atoms with E-state index < -0.39 is 0 Å². The van der Waals surface area contributed by atoms with Gasteiger partial charge in [0.1, 0.15) is 5.03 Å². The predicted molar refractivity (Wildman–Crippen MR) is 113 cm³/mol. The number of carbonyl (C=O) groups excluding carboxylic acids is 1. The first-order valence-corrected chi connectivity index (χ1v) is 10.6. The second-order valence-electron chi connectivity index (χ2n) is 7.48. The number of amides is 1. The smallest absolute Gasteiger partial charge is 0.348 e. The molecule has 2 aromatic rings. The number of rotatable bonds is 8. The van der Waals surface area contributed by atoms with Crippen LogP contribution in [-0.2, 0) is 30.7 Å². The molecule has 0 unspecified atom stereocenters. The van der Waals surface area contributed by atoms with E-state index in [2.05, 4.69) is 15.2 Å². The number of hydrogen-bond acceptors (Lipinski definition) is 5. The molecule has 0 atom stereocenters. The molecule has 150 valence electrons. The molecular formula is C21H28N4O2S. The standard InChI is InChI=1S/C21H28N4O2S/c1-15-7-9-16(10-8-15)13-22-19(26)14-28-20-17-5-4-6-18(17)25(21(27)23-20)12-11-24(2)3/h7-10H,4-6,11-14H2,1-3H3,(H,22,26). The second-order valence-corrected chi connectivity index (χ2v) is 8.45. The van der Waals surface area contributed by atoms with Crippen molar-refractivity contribution >= 4 is 17.7 Å². The Kier molecular flexibility index (Phi) is 6.91. The number of benzene rings is 1. The molecule has 1 aliphatic rings. The van der Waals surface area contributed by atoms with Crippen LogP contribution < -0.4 is 11.0 Å². The van der Waals surface area contributed by atoms with E-state index in [1.807, 2.05) is 49.9 Å². The number of aryl methyl sites for hydroxylation is 1. The minimum atomic E-state index is -0.204. The lowest BCUT2D eigenvalue weighted by Crippen LogP contribution is -2.31. The number of fused-ring (bicyclic) bond motifs is 1. The number of likely N-dealkylation sites (N-methyl/N-ethyl adjacent to an activating group) is 1. The molecule has 1 N–H and O–H groups in total. The van der Waals surface area contributed by atoms with Crippen LogP contribution in [0.4, 0.5) is 0 Å². The Morgan fingerprint density at radius 3 is 2.71 bits per heavy atom. The SMILES string of the molecule is Cc1ccc(CNC(=O)CSc2nc(=O)n(CCN(C)C)c3c2CCC3)cc1. The molecule has 1 aliphatic carbocycles. The Morgan fingerprint density at radius 2 is 2.00 bits per heavy atom. The molecule has 0 saturated carbocycles. The van der Waals surface area contributed by atoms with E-state index >= 15 is 0 Å². The van der Waals surface area contributed by atoms with Crippen molar-refractivity contribution in [3.63, 3.8) is 0 Å². The third kappa shape index (κ3) is 5.23. The first-order valence-electron chi connectivity index (χ1n) is 9.66. The maximum atomic E-state index is 12.5. The van der Waals surface area contributed by atoms with E-state index in [1.54, 1.807) is 0 Å². The Bertz CT molecular complexity index is 891. The second kappa shape index (κ2) is 9.39. The fourth-order valence-electron chi connectivity index (χ4n) is 3.33. The van der Waals surface area contributed by atoms with Gasteiger partial charge in [0, 0.05) is 30.9 Å². The highest BCUT2D eigenvalue weighted by Gasteiger charge is 2.22. The molecule has 0 spiro atoms. The van der Waals surface area contributed by atoms with Crippen molar-refractivity contribution in [3.05, 3.63) is 57.1 Å². The Labute approximate surface area is 170 Å². The quantitative estimate of drug-likeness (QED) is 0.542. The number of carbonyl (C=O) groups is 1. The first-order chi connectivity index (χ1) is 13.4. The van der Waals surface area contributed by atoms with Crippen molar-refractivity contribution in [2.24, 2.45) is 0 Å². The highest BCUT2D eigenvalue weighted by atomic mass is 32.2. The predicted octanol–water partition coefficient (Wildman–Crippen LogP) is 2.01. The van der Waals surface area contributed by atoms with Gasteiger partial charge in [-0.05, 0) is 45.8 Å². The summed E-state index contributed by atoms with van der Waals surface area (Å²) in [5.74, 6) is 0.225. The van der Waals surface area contributed by atoms with Crippen LogP contribution in [0, 0.1) is 6.92 Å². The van der Waals surface area contributed by atoms with Crippen LogP contribution in [-0.4, -0.2) is 46.8 Å². The van der Waals surface area contributed by atoms with Gasteiger partial charge in [-0.3, -0.25) is 9.36 Å². The molecule has 1 heterocycles. The minimum absolute atomic E-state index is 0.0455. The molecule has 28 heavy (non-hydrogen) atoms. The fraction of sp³-hybridized carbons (Fsp3) is 0.476. The van der Waals surface area contributed by atoms with Crippen LogP contribution in [0.15, 0.2) is 34.1 Å². The molecule has 7 heteroatoms. The minimum Gasteiger partial charge on any atom is -0.351 e. The van der Waals surface area contributed by atoms with Gasteiger partial charge in [0.25, 0.3) is 0 Å². The van der Waals surface area contributed by atoms with E-state index in [9.17, 15) is 9.59 Å². The number of thioether (sulfide) groups is 1. The van der Waals surface area contributed by atoms with Crippen LogP contribution in [0.3, 0.4) is 0 Å². The third-order valence-corrected chi connectivity index (χ3v) is 5.94. The van der Waals surface area contributed by atoms with Crippen LogP contribution in [0.1, 0.15) is 28.8 Å². The zero-order valence-electron chi connectivity index (χ0n) is 16.8. The van der Waals surface area contributed by atoms with E-state index in [4.69, 9.17) is 0 Å². The van der Waals surface area contributed by atoms with Crippen LogP contribution in [0.5, 0.6) is 0 Å². The molecule has 3 rings (SSSR count). The highest BCUT2D eigenvalue weighted by Crippen LogP contribution is 2.29. The summed E-state index contributed by atoms with van der Waals surface area (Å²) in [7, 11) is 4.00. The monoisotopic (exact) mass is 400 g/mol. The van der Waals surface area contributed by atoms with Crippen molar-refractivity contribution in [2.45, 2.75) is 44.3 Å². The molecule has 1 aromatic heterocycles. The number of nitrogens with zero attached hydrogens (tertiary/aromatic N) is 3. The molecule has 0 radical (unpaired) electrons. The number of nitrogens with one attached hydrogen (secondary N) is 1. The number of hydrogen-bond donors (Lipinski definition) is 1. The van der Waals surface area contributed by atoms with Gasteiger partial charge >= 0.3 is 5.69 Å². The summed E-state index contributed by atoms with van der Waals surface area (Å²) in [5, 5.41) is 3.66. The maximum absolute atomic E-state index is 12.5. The molecule has 0 aliphatic heterocycles.